The Morgan fingerprint density at radius 2 is 1.72 bits per heavy atom. The summed E-state index contributed by atoms with van der Waals surface area (Å²) in [5, 5.41) is 7.56. The number of hydrogen-bond donors (Lipinski definition) is 2. The van der Waals surface area contributed by atoms with Crippen molar-refractivity contribution in [3.63, 3.8) is 0 Å². The molecule has 2 unspecified atom stereocenters. The van der Waals surface area contributed by atoms with Gasteiger partial charge in [0.15, 0.2) is 11.5 Å². The van der Waals surface area contributed by atoms with Crippen LogP contribution in [0, 0.1) is 5.82 Å². The van der Waals surface area contributed by atoms with Crippen molar-refractivity contribution in [3.05, 3.63) is 53.8 Å². The molecule has 0 aliphatic heterocycles. The molecular weight excluding hydrogens is 435 g/mol. The number of rotatable bonds is 13. The molecule has 0 bridgehead atoms. The standard InChI is InChI=1S/C23H32FNO3.H3NO2S/c1-4-14-27-21-10-7-18(8-11-21)16-20(5-2)25-13-15-28-22-12-9-19(24)17-23(22)26-6-3;1-4(2)3/h7-12,17,20,25H,4-6,13-16H2,1-3H3;1H2,(H,2,3)/p-1. The first-order valence-electron chi connectivity index (χ1n) is 10.7. The molecule has 0 saturated heterocycles. The van der Waals surface area contributed by atoms with E-state index in [1.165, 1.54) is 17.7 Å². The molecule has 0 radical (unpaired) electrons. The van der Waals surface area contributed by atoms with Gasteiger partial charge in [0.1, 0.15) is 18.2 Å². The van der Waals surface area contributed by atoms with Crippen LogP contribution in [0.15, 0.2) is 42.5 Å². The highest BCUT2D eigenvalue weighted by Gasteiger charge is 2.09. The van der Waals surface area contributed by atoms with Gasteiger partial charge >= 0.3 is 0 Å². The molecule has 2 atom stereocenters. The van der Waals surface area contributed by atoms with Crippen molar-refractivity contribution >= 4 is 11.3 Å². The van der Waals surface area contributed by atoms with Crippen molar-refractivity contribution in [2.75, 3.05) is 26.4 Å². The second-order valence-corrected chi connectivity index (χ2v) is 7.41. The van der Waals surface area contributed by atoms with E-state index in [9.17, 15) is 4.39 Å². The smallest absolute Gasteiger partial charge is 0.164 e. The predicted molar refractivity (Wildman–Crippen MR) is 124 cm³/mol. The molecule has 180 valence electrons. The van der Waals surface area contributed by atoms with Gasteiger partial charge in [-0.1, -0.05) is 26.0 Å². The average molecular weight is 470 g/mol. The molecule has 0 heterocycles. The van der Waals surface area contributed by atoms with Crippen molar-refractivity contribution in [2.24, 2.45) is 5.14 Å². The number of ether oxygens (including phenoxy) is 3. The van der Waals surface area contributed by atoms with E-state index in [0.29, 0.717) is 37.3 Å². The number of nitrogens with two attached hydrogens (primary N) is 1. The second-order valence-electron chi connectivity index (χ2n) is 6.89. The maximum atomic E-state index is 13.3. The first kappa shape index (κ1) is 27.8. The van der Waals surface area contributed by atoms with Crippen LogP contribution in [0.5, 0.6) is 17.2 Å². The molecule has 0 aromatic heterocycles. The van der Waals surface area contributed by atoms with E-state index in [-0.39, 0.29) is 5.82 Å². The summed E-state index contributed by atoms with van der Waals surface area (Å²) >= 11 is -2.36. The molecule has 7 nitrogen and oxygen atoms in total. The molecule has 3 N–H and O–H groups in total. The Hall–Kier alpha value is -2.20. The average Bonchev–Trinajstić information content (AvgIpc) is 2.76. The fraction of sp³-hybridized carbons (Fsp3) is 0.478. The monoisotopic (exact) mass is 469 g/mol. The van der Waals surface area contributed by atoms with E-state index in [0.717, 1.165) is 31.6 Å². The van der Waals surface area contributed by atoms with Crippen LogP contribution in [0.2, 0.25) is 0 Å². The fourth-order valence-corrected chi connectivity index (χ4v) is 2.88. The van der Waals surface area contributed by atoms with Gasteiger partial charge in [0.25, 0.3) is 0 Å². The Bertz CT molecular complexity index is 788. The zero-order valence-corrected chi connectivity index (χ0v) is 19.8. The topological polar surface area (TPSA) is 106 Å². The summed E-state index contributed by atoms with van der Waals surface area (Å²) in [7, 11) is 0. The molecule has 2 aromatic rings. The van der Waals surface area contributed by atoms with Crippen LogP contribution in [0.3, 0.4) is 0 Å². The maximum Gasteiger partial charge on any atom is 0.164 e. The van der Waals surface area contributed by atoms with Gasteiger partial charge in [0.2, 0.25) is 0 Å². The van der Waals surface area contributed by atoms with Gasteiger partial charge in [0.05, 0.1) is 13.2 Å². The molecule has 32 heavy (non-hydrogen) atoms. The number of benzene rings is 2. The summed E-state index contributed by atoms with van der Waals surface area (Å²) in [6.45, 7) is 8.55. The van der Waals surface area contributed by atoms with E-state index in [2.05, 4.69) is 36.4 Å². The van der Waals surface area contributed by atoms with Crippen molar-refractivity contribution in [1.82, 2.24) is 5.32 Å². The SMILES string of the molecule is CCCOc1ccc(CC(CC)NCCOc2ccc(F)cc2OCC)cc1.NS(=O)[O-]. The number of nitrogens with one attached hydrogen (secondary N) is 1. The lowest BCUT2D eigenvalue weighted by molar-refractivity contribution is 0.269. The largest absolute Gasteiger partial charge is 0.760 e. The van der Waals surface area contributed by atoms with Crippen molar-refractivity contribution in [3.8, 4) is 17.2 Å². The van der Waals surface area contributed by atoms with Gasteiger partial charge in [-0.15, -0.1) is 0 Å². The molecule has 2 aromatic carbocycles. The van der Waals surface area contributed by atoms with E-state index in [1.807, 2.05) is 19.1 Å². The minimum Gasteiger partial charge on any atom is -0.760 e. The fourth-order valence-electron chi connectivity index (χ4n) is 2.88. The molecule has 0 fully saturated rings. The van der Waals surface area contributed by atoms with Crippen LogP contribution in [0.4, 0.5) is 4.39 Å². The van der Waals surface area contributed by atoms with E-state index in [4.69, 9.17) is 23.0 Å². The Kier molecular flexibility index (Phi) is 14.3. The first-order valence-corrected chi connectivity index (χ1v) is 11.9. The highest BCUT2D eigenvalue weighted by Crippen LogP contribution is 2.27. The molecule has 9 heteroatoms. The first-order chi connectivity index (χ1) is 15.4. The van der Waals surface area contributed by atoms with Gasteiger partial charge in [-0.05, 0) is 56.0 Å². The van der Waals surface area contributed by atoms with Gasteiger partial charge in [-0.2, -0.15) is 0 Å². The van der Waals surface area contributed by atoms with Crippen LogP contribution in [-0.2, 0) is 17.7 Å². The Morgan fingerprint density at radius 1 is 1.03 bits per heavy atom. The van der Waals surface area contributed by atoms with Crippen LogP contribution in [0.25, 0.3) is 0 Å². The zero-order valence-electron chi connectivity index (χ0n) is 19.0. The molecule has 0 spiro atoms. The number of halogens is 1. The van der Waals surface area contributed by atoms with Gasteiger partial charge in [-0.3, -0.25) is 9.35 Å². The lowest BCUT2D eigenvalue weighted by Gasteiger charge is -2.18. The summed E-state index contributed by atoms with van der Waals surface area (Å²) in [5.41, 5.74) is 1.28. The lowest BCUT2D eigenvalue weighted by Crippen LogP contribution is -2.33. The highest BCUT2D eigenvalue weighted by atomic mass is 32.2. The minimum atomic E-state index is -2.36. The zero-order chi connectivity index (χ0) is 23.8. The summed E-state index contributed by atoms with van der Waals surface area (Å²) in [6, 6.07) is 13.0. The van der Waals surface area contributed by atoms with Crippen LogP contribution in [-0.4, -0.2) is 41.2 Å². The third kappa shape index (κ3) is 12.0. The van der Waals surface area contributed by atoms with Crippen molar-refractivity contribution in [1.29, 1.82) is 0 Å². The Morgan fingerprint density at radius 3 is 2.31 bits per heavy atom. The summed E-state index contributed by atoms with van der Waals surface area (Å²) in [4.78, 5) is 0. The quantitative estimate of drug-likeness (QED) is 0.342. The molecule has 0 saturated carbocycles. The summed E-state index contributed by atoms with van der Waals surface area (Å²) in [6.07, 6.45) is 2.98. The molecule has 0 amide bonds. The Balaban J connectivity index is 0.00000118. The van der Waals surface area contributed by atoms with Crippen molar-refractivity contribution in [2.45, 2.75) is 46.1 Å². The van der Waals surface area contributed by atoms with E-state index < -0.39 is 11.3 Å². The van der Waals surface area contributed by atoms with Gasteiger partial charge in [-0.25, -0.2) is 4.39 Å². The molecule has 0 aliphatic rings. The van der Waals surface area contributed by atoms with Crippen LogP contribution in [0.1, 0.15) is 39.2 Å². The molecule has 2 rings (SSSR count). The normalized spacial score (nSPS) is 12.3. The van der Waals surface area contributed by atoms with Gasteiger partial charge in [0, 0.05) is 29.9 Å². The van der Waals surface area contributed by atoms with Gasteiger partial charge < -0.3 is 24.1 Å². The Labute approximate surface area is 192 Å². The van der Waals surface area contributed by atoms with Crippen molar-refractivity contribution < 1.29 is 27.4 Å². The minimum absolute atomic E-state index is 0.328. The summed E-state index contributed by atoms with van der Waals surface area (Å²) in [5.74, 6) is 1.61. The third-order valence-corrected chi connectivity index (χ3v) is 4.37. The highest BCUT2D eigenvalue weighted by molar-refractivity contribution is 7.76. The second kappa shape index (κ2) is 16.4. The molecular formula is C23H34FN2O5S-. The maximum absolute atomic E-state index is 13.3. The summed E-state index contributed by atoms with van der Waals surface area (Å²) < 4.78 is 47.7. The van der Waals surface area contributed by atoms with E-state index >= 15 is 0 Å². The predicted octanol–water partition coefficient (Wildman–Crippen LogP) is 3.74. The lowest BCUT2D eigenvalue weighted by atomic mass is 10.0. The van der Waals surface area contributed by atoms with Crippen LogP contribution >= 0.6 is 0 Å². The molecule has 0 aliphatic carbocycles. The number of hydrogen-bond acceptors (Lipinski definition) is 6. The third-order valence-electron chi connectivity index (χ3n) is 4.37. The van der Waals surface area contributed by atoms with E-state index in [1.54, 1.807) is 6.07 Å². The van der Waals surface area contributed by atoms with Crippen LogP contribution < -0.4 is 24.7 Å².